The number of amides is 2. The molecule has 35 heavy (non-hydrogen) atoms. The number of hydrogen-bond acceptors (Lipinski definition) is 5. The number of fused-ring (bicyclic) bond motifs is 1. The van der Waals surface area contributed by atoms with Crippen LogP contribution in [-0.2, 0) is 22.7 Å². The van der Waals surface area contributed by atoms with E-state index in [1.165, 1.54) is 10.7 Å². The molecule has 2 atom stereocenters. The number of aromatic nitrogens is 2. The molecular weight excluding hydrogens is 463 g/mol. The maximum atomic E-state index is 13.3. The molecule has 1 aromatic carbocycles. The Bertz CT molecular complexity index is 1200. The Labute approximate surface area is 199 Å². The molecule has 2 aliphatic rings. The molecule has 0 radical (unpaired) electrons. The number of rotatable bonds is 5. The molecule has 0 saturated carbocycles. The number of ketones is 1. The summed E-state index contributed by atoms with van der Waals surface area (Å²) in [6.07, 6.45) is -5.86. The van der Waals surface area contributed by atoms with E-state index in [0.29, 0.717) is 19.6 Å². The zero-order valence-corrected chi connectivity index (χ0v) is 19.4. The Morgan fingerprint density at radius 2 is 1.83 bits per heavy atom. The Kier molecular flexibility index (Phi) is 6.54. The van der Waals surface area contributed by atoms with E-state index in [2.05, 4.69) is 10.4 Å². The highest BCUT2D eigenvalue weighted by molar-refractivity contribution is 6.22. The second-order valence-corrected chi connectivity index (χ2v) is 9.02. The third kappa shape index (κ3) is 5.00. The standard InChI is InChI=1S/C24H26F3N5O3/c1-13-11-31(12-16-5-3-15(10-28)4-6-16)23(35)20-9-19(30-32(13)20)22-18(29-14(2)33)7-17(8-21(22)34)24(25,26)27/h3-6,9,13,17H,7-8,10-12,28H2,1-2H3,(H,29,33)/t13-,17?/m0/s1. The number of carbonyl (C=O) groups excluding carboxylic acids is 3. The van der Waals surface area contributed by atoms with Gasteiger partial charge in [0.15, 0.2) is 5.78 Å². The van der Waals surface area contributed by atoms with Crippen LogP contribution in [0.3, 0.4) is 0 Å². The van der Waals surface area contributed by atoms with Crippen molar-refractivity contribution in [3.63, 3.8) is 0 Å². The number of hydrogen-bond donors (Lipinski definition) is 2. The average molecular weight is 489 g/mol. The lowest BCUT2D eigenvalue weighted by Gasteiger charge is -2.31. The van der Waals surface area contributed by atoms with Crippen LogP contribution in [0, 0.1) is 5.92 Å². The monoisotopic (exact) mass is 489 g/mol. The summed E-state index contributed by atoms with van der Waals surface area (Å²) >= 11 is 0. The lowest BCUT2D eigenvalue weighted by molar-refractivity contribution is -0.178. The molecule has 11 heteroatoms. The van der Waals surface area contributed by atoms with Crippen molar-refractivity contribution < 1.29 is 27.6 Å². The Morgan fingerprint density at radius 3 is 2.43 bits per heavy atom. The van der Waals surface area contributed by atoms with Crippen LogP contribution in [0.4, 0.5) is 13.2 Å². The highest BCUT2D eigenvalue weighted by Gasteiger charge is 2.45. The minimum absolute atomic E-state index is 0.0773. The van der Waals surface area contributed by atoms with Crippen LogP contribution in [0.1, 0.15) is 60.0 Å². The molecule has 0 saturated heterocycles. The third-order valence-electron chi connectivity index (χ3n) is 6.29. The molecule has 2 aromatic rings. The van der Waals surface area contributed by atoms with E-state index in [0.717, 1.165) is 18.1 Å². The number of halogens is 3. The number of nitrogens with two attached hydrogens (primary N) is 1. The summed E-state index contributed by atoms with van der Waals surface area (Å²) in [5.74, 6) is -3.55. The van der Waals surface area contributed by atoms with Gasteiger partial charge in [0.2, 0.25) is 5.91 Å². The number of alkyl halides is 3. The van der Waals surface area contributed by atoms with E-state index >= 15 is 0 Å². The SMILES string of the molecule is CC(=O)NC1=C(c2cc3n(n2)[C@@H](C)CN(Cc2ccc(CN)cc2)C3=O)C(=O)CC(C(F)(F)F)C1. The maximum absolute atomic E-state index is 13.3. The summed E-state index contributed by atoms with van der Waals surface area (Å²) in [7, 11) is 0. The van der Waals surface area contributed by atoms with Crippen molar-refractivity contribution in [2.75, 3.05) is 6.54 Å². The molecule has 2 amide bonds. The second kappa shape index (κ2) is 9.29. The molecule has 186 valence electrons. The van der Waals surface area contributed by atoms with Gasteiger partial charge in [-0.3, -0.25) is 19.1 Å². The summed E-state index contributed by atoms with van der Waals surface area (Å²) in [6.45, 7) is 4.17. The van der Waals surface area contributed by atoms with Gasteiger partial charge in [-0.05, 0) is 24.1 Å². The quantitative estimate of drug-likeness (QED) is 0.671. The van der Waals surface area contributed by atoms with Crippen LogP contribution in [0.25, 0.3) is 5.57 Å². The fourth-order valence-corrected chi connectivity index (χ4v) is 4.56. The zero-order valence-electron chi connectivity index (χ0n) is 19.4. The Morgan fingerprint density at radius 1 is 1.17 bits per heavy atom. The summed E-state index contributed by atoms with van der Waals surface area (Å²) in [6, 6.07) is 8.79. The first kappa shape index (κ1) is 24.6. The van der Waals surface area contributed by atoms with Crippen molar-refractivity contribution in [3.05, 3.63) is 58.5 Å². The minimum atomic E-state index is -4.58. The maximum Gasteiger partial charge on any atom is 0.392 e. The van der Waals surface area contributed by atoms with Crippen LogP contribution in [0.2, 0.25) is 0 Å². The summed E-state index contributed by atoms with van der Waals surface area (Å²) in [5, 5.41) is 6.79. The van der Waals surface area contributed by atoms with E-state index in [1.807, 2.05) is 31.2 Å². The molecule has 2 heterocycles. The molecular formula is C24H26F3N5O3. The van der Waals surface area contributed by atoms with Gasteiger partial charge in [0.1, 0.15) is 5.69 Å². The molecule has 1 aliphatic heterocycles. The van der Waals surface area contributed by atoms with Gasteiger partial charge in [0.05, 0.1) is 23.2 Å². The number of Topliss-reactive ketones (excluding diaryl/α,β-unsaturated/α-hetero) is 1. The zero-order chi connectivity index (χ0) is 25.5. The van der Waals surface area contributed by atoms with Crippen LogP contribution < -0.4 is 11.1 Å². The van der Waals surface area contributed by atoms with E-state index in [9.17, 15) is 27.6 Å². The second-order valence-electron chi connectivity index (χ2n) is 9.02. The Balaban J connectivity index is 1.67. The van der Waals surface area contributed by atoms with Crippen molar-refractivity contribution in [2.45, 2.75) is 52.0 Å². The fraction of sp³-hybridized carbons (Fsp3) is 0.417. The largest absolute Gasteiger partial charge is 0.392 e. The van der Waals surface area contributed by atoms with E-state index < -0.39 is 36.6 Å². The van der Waals surface area contributed by atoms with Crippen molar-refractivity contribution in [3.8, 4) is 0 Å². The minimum Gasteiger partial charge on any atom is -0.331 e. The highest BCUT2D eigenvalue weighted by Crippen LogP contribution is 2.40. The highest BCUT2D eigenvalue weighted by atomic mass is 19.4. The van der Waals surface area contributed by atoms with Gasteiger partial charge in [0.25, 0.3) is 5.91 Å². The predicted octanol–water partition coefficient (Wildman–Crippen LogP) is 2.95. The lowest BCUT2D eigenvalue weighted by Crippen LogP contribution is -2.41. The van der Waals surface area contributed by atoms with Crippen LogP contribution >= 0.6 is 0 Å². The summed E-state index contributed by atoms with van der Waals surface area (Å²) in [5.41, 5.74) is 7.66. The molecule has 4 rings (SSSR count). The molecule has 3 N–H and O–H groups in total. The summed E-state index contributed by atoms with van der Waals surface area (Å²) in [4.78, 5) is 39.4. The molecule has 1 unspecified atom stereocenters. The van der Waals surface area contributed by atoms with Crippen molar-refractivity contribution in [1.82, 2.24) is 20.0 Å². The molecule has 8 nitrogen and oxygen atoms in total. The molecule has 0 spiro atoms. The number of nitrogens with one attached hydrogen (secondary N) is 1. The van der Waals surface area contributed by atoms with Crippen LogP contribution in [-0.4, -0.2) is 45.0 Å². The average Bonchev–Trinajstić information content (AvgIpc) is 3.22. The fourth-order valence-electron chi connectivity index (χ4n) is 4.56. The molecule has 1 aliphatic carbocycles. The van der Waals surface area contributed by atoms with Crippen molar-refractivity contribution in [2.24, 2.45) is 11.7 Å². The van der Waals surface area contributed by atoms with E-state index in [-0.39, 0.29) is 34.6 Å². The first-order valence-corrected chi connectivity index (χ1v) is 11.3. The van der Waals surface area contributed by atoms with Crippen LogP contribution in [0.5, 0.6) is 0 Å². The smallest absolute Gasteiger partial charge is 0.331 e. The summed E-state index contributed by atoms with van der Waals surface area (Å²) < 4.78 is 41.5. The molecule has 0 bridgehead atoms. The Hall–Kier alpha value is -3.47. The normalized spacial score (nSPS) is 20.8. The van der Waals surface area contributed by atoms with Gasteiger partial charge >= 0.3 is 6.18 Å². The predicted molar refractivity (Wildman–Crippen MR) is 121 cm³/mol. The van der Waals surface area contributed by atoms with Gasteiger partial charge in [-0.25, -0.2) is 0 Å². The van der Waals surface area contributed by atoms with Gasteiger partial charge < -0.3 is 16.0 Å². The molecule has 0 fully saturated rings. The van der Waals surface area contributed by atoms with Crippen molar-refractivity contribution in [1.29, 1.82) is 0 Å². The van der Waals surface area contributed by atoms with E-state index in [1.54, 1.807) is 4.90 Å². The number of allylic oxidation sites excluding steroid dienone is 2. The van der Waals surface area contributed by atoms with Gasteiger partial charge in [-0.2, -0.15) is 18.3 Å². The van der Waals surface area contributed by atoms with Gasteiger partial charge in [0, 0.05) is 45.1 Å². The topological polar surface area (TPSA) is 110 Å². The third-order valence-corrected chi connectivity index (χ3v) is 6.29. The van der Waals surface area contributed by atoms with Crippen molar-refractivity contribution >= 4 is 23.2 Å². The number of nitrogens with zero attached hydrogens (tertiary/aromatic N) is 3. The first-order chi connectivity index (χ1) is 16.5. The first-order valence-electron chi connectivity index (χ1n) is 11.3. The van der Waals surface area contributed by atoms with Gasteiger partial charge in [-0.15, -0.1) is 0 Å². The number of benzene rings is 1. The number of carbonyl (C=O) groups is 3. The van der Waals surface area contributed by atoms with E-state index in [4.69, 9.17) is 5.73 Å². The molecule has 1 aromatic heterocycles. The van der Waals surface area contributed by atoms with Crippen LogP contribution in [0.15, 0.2) is 36.0 Å². The lowest BCUT2D eigenvalue weighted by atomic mass is 9.84. The van der Waals surface area contributed by atoms with Gasteiger partial charge in [-0.1, -0.05) is 24.3 Å².